The number of anilines is 2. The van der Waals surface area contributed by atoms with E-state index >= 15 is 0 Å². The van der Waals surface area contributed by atoms with Crippen LogP contribution in [0.3, 0.4) is 0 Å². The fraction of sp³-hybridized carbons (Fsp3) is 0.208. The predicted octanol–water partition coefficient (Wildman–Crippen LogP) is 4.87. The van der Waals surface area contributed by atoms with Gasteiger partial charge < -0.3 is 19.5 Å². The number of nitrogens with one attached hydrogen (secondary N) is 1. The molecule has 0 aromatic heterocycles. The zero-order chi connectivity index (χ0) is 21.1. The first kappa shape index (κ1) is 19.6. The van der Waals surface area contributed by atoms with Crippen LogP contribution in [-0.4, -0.2) is 26.7 Å². The van der Waals surface area contributed by atoms with E-state index in [1.165, 1.54) is 0 Å². The molecule has 0 radical (unpaired) electrons. The molecule has 1 aliphatic heterocycles. The molecule has 1 amide bonds. The standard InChI is InChI=1S/C24H24N2O4/c1-4-30-18-11-9-17(10-12-18)26-23(21-7-5-6-8-22(21)24(26)27)25-16-13-19(28-2)15-20(14-16)29-3/h5-15,23,25H,4H2,1-3H3. The van der Waals surface area contributed by atoms with Crippen LogP contribution in [0.5, 0.6) is 17.2 Å². The molecule has 30 heavy (non-hydrogen) atoms. The zero-order valence-electron chi connectivity index (χ0n) is 17.2. The Hall–Kier alpha value is -3.67. The van der Waals surface area contributed by atoms with Gasteiger partial charge in [0.05, 0.1) is 20.8 Å². The lowest BCUT2D eigenvalue weighted by atomic mass is 10.1. The fourth-order valence-corrected chi connectivity index (χ4v) is 3.64. The third-order valence-electron chi connectivity index (χ3n) is 5.04. The summed E-state index contributed by atoms with van der Waals surface area (Å²) in [6.45, 7) is 2.53. The van der Waals surface area contributed by atoms with Crippen LogP contribution in [0.1, 0.15) is 29.0 Å². The molecular weight excluding hydrogens is 380 g/mol. The lowest BCUT2D eigenvalue weighted by Gasteiger charge is -2.27. The largest absolute Gasteiger partial charge is 0.497 e. The van der Waals surface area contributed by atoms with Crippen molar-refractivity contribution in [2.24, 2.45) is 0 Å². The molecule has 1 heterocycles. The molecule has 1 aliphatic rings. The molecule has 1 atom stereocenters. The van der Waals surface area contributed by atoms with Crippen LogP contribution in [0.25, 0.3) is 0 Å². The van der Waals surface area contributed by atoms with E-state index in [0.717, 1.165) is 22.7 Å². The number of rotatable bonds is 7. The summed E-state index contributed by atoms with van der Waals surface area (Å²) in [7, 11) is 3.22. The van der Waals surface area contributed by atoms with Crippen LogP contribution in [0.2, 0.25) is 0 Å². The summed E-state index contributed by atoms with van der Waals surface area (Å²) in [6.07, 6.45) is -0.372. The maximum atomic E-state index is 13.3. The quantitative estimate of drug-likeness (QED) is 0.609. The zero-order valence-corrected chi connectivity index (χ0v) is 17.2. The maximum absolute atomic E-state index is 13.3. The highest BCUT2D eigenvalue weighted by Crippen LogP contribution is 2.39. The molecule has 3 aromatic carbocycles. The maximum Gasteiger partial charge on any atom is 0.260 e. The SMILES string of the molecule is CCOc1ccc(N2C(=O)c3ccccc3C2Nc2cc(OC)cc(OC)c2)cc1. The van der Waals surface area contributed by atoms with Crippen molar-refractivity contribution in [3.05, 3.63) is 77.9 Å². The smallest absolute Gasteiger partial charge is 0.260 e. The Morgan fingerprint density at radius 3 is 2.20 bits per heavy atom. The molecule has 0 fully saturated rings. The topological polar surface area (TPSA) is 60.0 Å². The second kappa shape index (κ2) is 8.37. The van der Waals surface area contributed by atoms with Gasteiger partial charge in [-0.2, -0.15) is 0 Å². The number of carbonyl (C=O) groups is 1. The van der Waals surface area contributed by atoms with Gasteiger partial charge in [-0.3, -0.25) is 9.69 Å². The number of fused-ring (bicyclic) bond motifs is 1. The van der Waals surface area contributed by atoms with E-state index in [-0.39, 0.29) is 12.1 Å². The molecule has 0 saturated carbocycles. The average Bonchev–Trinajstić information content (AvgIpc) is 3.06. The average molecular weight is 404 g/mol. The number of hydrogen-bond donors (Lipinski definition) is 1. The molecule has 3 aromatic rings. The first-order chi connectivity index (χ1) is 14.6. The van der Waals surface area contributed by atoms with Crippen molar-refractivity contribution < 1.29 is 19.0 Å². The van der Waals surface area contributed by atoms with Crippen molar-refractivity contribution in [2.45, 2.75) is 13.1 Å². The first-order valence-corrected chi connectivity index (χ1v) is 9.79. The summed E-state index contributed by atoms with van der Waals surface area (Å²) in [5.74, 6) is 2.05. The molecule has 1 N–H and O–H groups in total. The van der Waals surface area contributed by atoms with Crippen molar-refractivity contribution >= 4 is 17.3 Å². The van der Waals surface area contributed by atoms with Gasteiger partial charge in [0.2, 0.25) is 0 Å². The van der Waals surface area contributed by atoms with Crippen LogP contribution in [0.4, 0.5) is 11.4 Å². The molecule has 0 aliphatic carbocycles. The van der Waals surface area contributed by atoms with Crippen LogP contribution in [-0.2, 0) is 0 Å². The van der Waals surface area contributed by atoms with Crippen LogP contribution in [0, 0.1) is 0 Å². The minimum absolute atomic E-state index is 0.0536. The molecular formula is C24H24N2O4. The van der Waals surface area contributed by atoms with E-state index in [0.29, 0.717) is 23.7 Å². The van der Waals surface area contributed by atoms with Gasteiger partial charge in [-0.05, 0) is 37.3 Å². The highest BCUT2D eigenvalue weighted by molar-refractivity contribution is 6.11. The third-order valence-corrected chi connectivity index (χ3v) is 5.04. The van der Waals surface area contributed by atoms with Gasteiger partial charge in [0.15, 0.2) is 0 Å². The summed E-state index contributed by atoms with van der Waals surface area (Å²) in [5.41, 5.74) is 3.17. The van der Waals surface area contributed by atoms with Crippen molar-refractivity contribution in [2.75, 3.05) is 31.0 Å². The number of hydrogen-bond acceptors (Lipinski definition) is 5. The van der Waals surface area contributed by atoms with E-state index in [1.54, 1.807) is 19.1 Å². The molecule has 6 nitrogen and oxygen atoms in total. The fourth-order valence-electron chi connectivity index (χ4n) is 3.64. The summed E-state index contributed by atoms with van der Waals surface area (Å²) < 4.78 is 16.3. The van der Waals surface area contributed by atoms with Gasteiger partial charge in [0.1, 0.15) is 23.4 Å². The van der Waals surface area contributed by atoms with E-state index < -0.39 is 0 Å². The Bertz CT molecular complexity index is 1030. The third kappa shape index (κ3) is 3.64. The van der Waals surface area contributed by atoms with Crippen molar-refractivity contribution in [1.29, 1.82) is 0 Å². The van der Waals surface area contributed by atoms with Gasteiger partial charge in [-0.1, -0.05) is 18.2 Å². The van der Waals surface area contributed by atoms with Crippen molar-refractivity contribution in [1.82, 2.24) is 0 Å². The minimum Gasteiger partial charge on any atom is -0.497 e. The Morgan fingerprint density at radius 2 is 1.57 bits per heavy atom. The Labute approximate surface area is 176 Å². The van der Waals surface area contributed by atoms with Crippen molar-refractivity contribution in [3.8, 4) is 17.2 Å². The van der Waals surface area contributed by atoms with Crippen LogP contribution < -0.4 is 24.4 Å². The van der Waals surface area contributed by atoms with E-state index in [9.17, 15) is 4.79 Å². The lowest BCUT2D eigenvalue weighted by molar-refractivity contribution is 0.0993. The summed E-state index contributed by atoms with van der Waals surface area (Å²) in [6, 6.07) is 20.8. The molecule has 154 valence electrons. The van der Waals surface area contributed by atoms with Gasteiger partial charge in [-0.25, -0.2) is 0 Å². The number of methoxy groups -OCH3 is 2. The molecule has 0 bridgehead atoms. The summed E-state index contributed by atoms with van der Waals surface area (Å²) in [4.78, 5) is 15.0. The molecule has 4 rings (SSSR count). The molecule has 1 unspecified atom stereocenters. The number of amides is 1. The van der Waals surface area contributed by atoms with Gasteiger partial charge in [0.25, 0.3) is 5.91 Å². The van der Waals surface area contributed by atoms with E-state index in [4.69, 9.17) is 14.2 Å². The summed E-state index contributed by atoms with van der Waals surface area (Å²) >= 11 is 0. The number of nitrogens with zero attached hydrogens (tertiary/aromatic N) is 1. The normalized spacial score (nSPS) is 15.0. The second-order valence-electron chi connectivity index (χ2n) is 6.84. The number of benzene rings is 3. The van der Waals surface area contributed by atoms with Gasteiger partial charge >= 0.3 is 0 Å². The molecule has 0 spiro atoms. The number of ether oxygens (including phenoxy) is 3. The Morgan fingerprint density at radius 1 is 0.900 bits per heavy atom. The van der Waals surface area contributed by atoms with E-state index in [1.807, 2.05) is 73.7 Å². The van der Waals surface area contributed by atoms with Crippen molar-refractivity contribution in [3.63, 3.8) is 0 Å². The summed E-state index contributed by atoms with van der Waals surface area (Å²) in [5, 5.41) is 3.48. The highest BCUT2D eigenvalue weighted by Gasteiger charge is 2.37. The second-order valence-corrected chi connectivity index (χ2v) is 6.84. The minimum atomic E-state index is -0.372. The van der Waals surface area contributed by atoms with Crippen LogP contribution >= 0.6 is 0 Å². The number of carbonyl (C=O) groups excluding carboxylic acids is 1. The monoisotopic (exact) mass is 404 g/mol. The Kier molecular flexibility index (Phi) is 5.48. The molecule has 6 heteroatoms. The molecule has 0 saturated heterocycles. The highest BCUT2D eigenvalue weighted by atomic mass is 16.5. The predicted molar refractivity (Wildman–Crippen MR) is 117 cm³/mol. The van der Waals surface area contributed by atoms with Gasteiger partial charge in [0, 0.05) is 40.7 Å². The Balaban J connectivity index is 1.73. The lowest BCUT2D eigenvalue weighted by Crippen LogP contribution is -2.32. The van der Waals surface area contributed by atoms with Gasteiger partial charge in [-0.15, -0.1) is 0 Å². The van der Waals surface area contributed by atoms with E-state index in [2.05, 4.69) is 5.32 Å². The first-order valence-electron chi connectivity index (χ1n) is 9.79. The van der Waals surface area contributed by atoms with Crippen LogP contribution in [0.15, 0.2) is 66.7 Å².